The zero-order valence-electron chi connectivity index (χ0n) is 8.64. The smallest absolute Gasteiger partial charge is 0.158 e. The van der Waals surface area contributed by atoms with E-state index in [-0.39, 0.29) is 0 Å². The Morgan fingerprint density at radius 2 is 2.27 bits per heavy atom. The van der Waals surface area contributed by atoms with Gasteiger partial charge in [-0.25, -0.2) is 9.97 Å². The van der Waals surface area contributed by atoms with Gasteiger partial charge in [0.1, 0.15) is 11.9 Å². The van der Waals surface area contributed by atoms with E-state index in [1.165, 1.54) is 11.8 Å². The normalized spacial score (nSPS) is 15.7. The van der Waals surface area contributed by atoms with Gasteiger partial charge in [-0.15, -0.1) is 0 Å². The number of hydrogen-bond donors (Lipinski definition) is 0. The van der Waals surface area contributed by atoms with Gasteiger partial charge in [0.15, 0.2) is 5.69 Å². The highest BCUT2D eigenvalue weighted by molar-refractivity contribution is 5.40. The molecular weight excluding hydrogens is 188 g/mol. The van der Waals surface area contributed by atoms with Crippen molar-refractivity contribution in [3.63, 3.8) is 0 Å². The van der Waals surface area contributed by atoms with E-state index < -0.39 is 0 Å². The van der Waals surface area contributed by atoms with E-state index in [9.17, 15) is 0 Å². The Kier molecular flexibility index (Phi) is 2.64. The highest BCUT2D eigenvalue weighted by Crippen LogP contribution is 2.15. The summed E-state index contributed by atoms with van der Waals surface area (Å²) >= 11 is 0. The molecule has 0 aliphatic carbocycles. The Balaban J connectivity index is 2.17. The minimum atomic E-state index is 0.364. The monoisotopic (exact) mass is 200 g/mol. The van der Waals surface area contributed by atoms with Crippen molar-refractivity contribution in [3.8, 4) is 6.07 Å². The minimum Gasteiger partial charge on any atom is -0.351 e. The van der Waals surface area contributed by atoms with E-state index in [1.807, 2.05) is 6.07 Å². The molecule has 76 valence electrons. The van der Waals surface area contributed by atoms with Gasteiger partial charge in [-0.05, 0) is 13.3 Å². The van der Waals surface area contributed by atoms with Crippen LogP contribution in [-0.2, 0) is 0 Å². The summed E-state index contributed by atoms with van der Waals surface area (Å²) < 4.78 is 0. The van der Waals surface area contributed by atoms with Crippen LogP contribution in [0.25, 0.3) is 0 Å². The van der Waals surface area contributed by atoms with Gasteiger partial charge in [0, 0.05) is 13.1 Å². The lowest BCUT2D eigenvalue weighted by molar-refractivity contribution is 0.774. The van der Waals surface area contributed by atoms with Crippen molar-refractivity contribution in [2.45, 2.75) is 13.3 Å². The number of nitriles is 1. The number of rotatable bonds is 1. The van der Waals surface area contributed by atoms with Crippen molar-refractivity contribution in [1.82, 2.24) is 9.97 Å². The number of nitrogens with zero attached hydrogens (tertiary/aromatic N) is 4. The first kappa shape index (κ1) is 9.66. The third-order valence-corrected chi connectivity index (χ3v) is 2.41. The second kappa shape index (κ2) is 4.09. The average molecular weight is 200 g/mol. The van der Waals surface area contributed by atoms with Crippen molar-refractivity contribution in [1.29, 1.82) is 5.26 Å². The van der Waals surface area contributed by atoms with Crippen molar-refractivity contribution in [3.05, 3.63) is 29.7 Å². The van der Waals surface area contributed by atoms with E-state index in [0.29, 0.717) is 5.69 Å². The van der Waals surface area contributed by atoms with Crippen LogP contribution >= 0.6 is 0 Å². The molecule has 1 aromatic rings. The first-order chi connectivity index (χ1) is 7.29. The molecule has 2 heterocycles. The molecule has 0 saturated heterocycles. The molecule has 1 aliphatic heterocycles. The second-order valence-electron chi connectivity index (χ2n) is 3.63. The van der Waals surface area contributed by atoms with Gasteiger partial charge in [0.2, 0.25) is 0 Å². The van der Waals surface area contributed by atoms with Gasteiger partial charge in [-0.3, -0.25) is 0 Å². The number of aromatic nitrogens is 2. The molecule has 0 spiro atoms. The number of anilines is 1. The standard InChI is InChI=1S/C11H12N4/c1-9-3-2-4-15(8-9)11-7-13-10(5-12)6-14-11/h3,6-7H,2,4,8H2,1H3. The highest BCUT2D eigenvalue weighted by Gasteiger charge is 2.11. The van der Waals surface area contributed by atoms with Crippen LogP contribution in [0, 0.1) is 11.3 Å². The minimum absolute atomic E-state index is 0.364. The summed E-state index contributed by atoms with van der Waals surface area (Å²) in [5.74, 6) is 0.849. The zero-order chi connectivity index (χ0) is 10.7. The molecule has 1 aromatic heterocycles. The molecule has 0 saturated carbocycles. The predicted molar refractivity (Wildman–Crippen MR) is 57.3 cm³/mol. The van der Waals surface area contributed by atoms with Crippen LogP contribution in [0.2, 0.25) is 0 Å². The Morgan fingerprint density at radius 3 is 2.87 bits per heavy atom. The lowest BCUT2D eigenvalue weighted by atomic mass is 10.1. The van der Waals surface area contributed by atoms with E-state index >= 15 is 0 Å². The summed E-state index contributed by atoms with van der Waals surface area (Å²) in [6, 6.07) is 1.96. The number of hydrogen-bond acceptors (Lipinski definition) is 4. The van der Waals surface area contributed by atoms with Crippen LogP contribution in [0.1, 0.15) is 19.0 Å². The maximum absolute atomic E-state index is 8.61. The molecule has 0 aromatic carbocycles. The van der Waals surface area contributed by atoms with Gasteiger partial charge < -0.3 is 4.90 Å². The summed E-state index contributed by atoms with van der Waals surface area (Å²) in [4.78, 5) is 10.4. The molecule has 0 atom stereocenters. The molecule has 1 aliphatic rings. The van der Waals surface area contributed by atoms with Crippen LogP contribution in [0.4, 0.5) is 5.82 Å². The molecule has 0 fully saturated rings. The SMILES string of the molecule is CC1=CCCN(c2cnc(C#N)cn2)C1. The van der Waals surface area contributed by atoms with E-state index in [1.54, 1.807) is 6.20 Å². The van der Waals surface area contributed by atoms with E-state index in [4.69, 9.17) is 5.26 Å². The van der Waals surface area contributed by atoms with E-state index in [0.717, 1.165) is 25.3 Å². The van der Waals surface area contributed by atoms with Crippen molar-refractivity contribution in [2.75, 3.05) is 18.0 Å². The summed E-state index contributed by atoms with van der Waals surface area (Å²) in [6.07, 6.45) is 6.47. The quantitative estimate of drug-likeness (QED) is 0.645. The molecule has 0 bridgehead atoms. The Bertz CT molecular complexity index is 413. The van der Waals surface area contributed by atoms with Crippen LogP contribution in [-0.4, -0.2) is 23.1 Å². The third-order valence-electron chi connectivity index (χ3n) is 2.41. The van der Waals surface area contributed by atoms with Gasteiger partial charge >= 0.3 is 0 Å². The molecule has 0 unspecified atom stereocenters. The molecule has 15 heavy (non-hydrogen) atoms. The Labute approximate surface area is 88.9 Å². The average Bonchev–Trinajstić information content (AvgIpc) is 2.29. The van der Waals surface area contributed by atoms with Crippen LogP contribution in [0.5, 0.6) is 0 Å². The van der Waals surface area contributed by atoms with Crippen molar-refractivity contribution in [2.24, 2.45) is 0 Å². The Morgan fingerprint density at radius 1 is 1.40 bits per heavy atom. The van der Waals surface area contributed by atoms with Gasteiger partial charge in [0.05, 0.1) is 12.4 Å². The lowest BCUT2D eigenvalue weighted by Crippen LogP contribution is -2.29. The second-order valence-corrected chi connectivity index (χ2v) is 3.63. The molecule has 4 heteroatoms. The molecule has 4 nitrogen and oxygen atoms in total. The topological polar surface area (TPSA) is 52.8 Å². The summed E-state index contributed by atoms with van der Waals surface area (Å²) in [5, 5.41) is 8.61. The Hall–Kier alpha value is -1.89. The summed E-state index contributed by atoms with van der Waals surface area (Å²) in [6.45, 7) is 3.99. The van der Waals surface area contributed by atoms with Gasteiger partial charge in [-0.2, -0.15) is 5.26 Å². The van der Waals surface area contributed by atoms with Crippen molar-refractivity contribution >= 4 is 5.82 Å². The first-order valence-corrected chi connectivity index (χ1v) is 4.92. The lowest BCUT2D eigenvalue weighted by Gasteiger charge is -2.26. The van der Waals surface area contributed by atoms with Gasteiger partial charge in [0.25, 0.3) is 0 Å². The fourth-order valence-corrected chi connectivity index (χ4v) is 1.65. The fraction of sp³-hybridized carbons (Fsp3) is 0.364. The predicted octanol–water partition coefficient (Wildman–Crippen LogP) is 1.50. The first-order valence-electron chi connectivity index (χ1n) is 4.92. The van der Waals surface area contributed by atoms with Gasteiger partial charge in [-0.1, -0.05) is 11.6 Å². The highest BCUT2D eigenvalue weighted by atomic mass is 15.2. The largest absolute Gasteiger partial charge is 0.351 e. The van der Waals surface area contributed by atoms with Crippen LogP contribution in [0.15, 0.2) is 24.0 Å². The van der Waals surface area contributed by atoms with Crippen LogP contribution < -0.4 is 4.90 Å². The third kappa shape index (κ3) is 2.13. The molecule has 2 rings (SSSR count). The molecule has 0 amide bonds. The van der Waals surface area contributed by atoms with E-state index in [2.05, 4.69) is 27.9 Å². The summed E-state index contributed by atoms with van der Waals surface area (Å²) in [5.41, 5.74) is 1.72. The summed E-state index contributed by atoms with van der Waals surface area (Å²) in [7, 11) is 0. The zero-order valence-corrected chi connectivity index (χ0v) is 8.64. The van der Waals surface area contributed by atoms with Crippen LogP contribution in [0.3, 0.4) is 0 Å². The fourth-order valence-electron chi connectivity index (χ4n) is 1.65. The molecule has 0 N–H and O–H groups in total. The van der Waals surface area contributed by atoms with Crippen molar-refractivity contribution < 1.29 is 0 Å². The molecule has 0 radical (unpaired) electrons. The molecular formula is C11H12N4. The maximum Gasteiger partial charge on any atom is 0.158 e. The maximum atomic E-state index is 8.61.